The topological polar surface area (TPSA) is 0 Å². The molecule has 1 rings (SSSR count). The van der Waals surface area contributed by atoms with Crippen molar-refractivity contribution in [3.8, 4) is 0 Å². The van der Waals surface area contributed by atoms with Gasteiger partial charge in [-0.2, -0.15) is 0 Å². The molecule has 0 bridgehead atoms. The number of rotatable bonds is 4. The zero-order valence-electron chi connectivity index (χ0n) is 7.14. The van der Waals surface area contributed by atoms with Gasteiger partial charge in [0.1, 0.15) is 0 Å². The van der Waals surface area contributed by atoms with Crippen LogP contribution in [0.4, 0.5) is 0 Å². The molecule has 58 valence electrons. The molecule has 0 nitrogen and oxygen atoms in total. The van der Waals surface area contributed by atoms with Gasteiger partial charge in [-0.3, -0.25) is 0 Å². The molecule has 1 aliphatic carbocycles. The molecule has 1 aliphatic rings. The first kappa shape index (κ1) is 7.84. The molecule has 10 heavy (non-hydrogen) atoms. The van der Waals surface area contributed by atoms with Gasteiger partial charge in [0.15, 0.2) is 0 Å². The molecule has 1 saturated carbocycles. The molecule has 1 fully saturated rings. The smallest absolute Gasteiger partial charge is 0.0234 e. The van der Waals surface area contributed by atoms with E-state index in [0.717, 1.165) is 11.8 Å². The molecule has 0 spiro atoms. The minimum atomic E-state index is 0.873. The van der Waals surface area contributed by atoms with Crippen LogP contribution in [0, 0.1) is 11.8 Å². The van der Waals surface area contributed by atoms with E-state index < -0.39 is 0 Å². The van der Waals surface area contributed by atoms with Gasteiger partial charge in [-0.15, -0.1) is 0 Å². The van der Waals surface area contributed by atoms with Crippen LogP contribution in [-0.2, 0) is 0 Å². The van der Waals surface area contributed by atoms with E-state index in [1.807, 2.05) is 0 Å². The summed E-state index contributed by atoms with van der Waals surface area (Å²) in [5, 5.41) is 0. The van der Waals surface area contributed by atoms with Gasteiger partial charge in [-0.05, 0) is 31.6 Å². The van der Waals surface area contributed by atoms with Gasteiger partial charge < -0.3 is 0 Å². The highest BCUT2D eigenvalue weighted by atomic mass is 14.3. The maximum Gasteiger partial charge on any atom is -0.0234 e. The highest BCUT2D eigenvalue weighted by Gasteiger charge is 2.23. The third-order valence-corrected chi connectivity index (χ3v) is 2.32. The van der Waals surface area contributed by atoms with Crippen LogP contribution in [0.3, 0.4) is 0 Å². The van der Waals surface area contributed by atoms with E-state index in [9.17, 15) is 0 Å². The molecule has 0 saturated heterocycles. The minimum absolute atomic E-state index is 0.873. The second kappa shape index (κ2) is 3.80. The van der Waals surface area contributed by atoms with Crippen LogP contribution in [0.1, 0.15) is 39.5 Å². The molecule has 0 N–H and O–H groups in total. The summed E-state index contributed by atoms with van der Waals surface area (Å²) in [5.74, 6) is 1.96. The maximum absolute atomic E-state index is 2.36. The van der Waals surface area contributed by atoms with E-state index in [2.05, 4.69) is 26.0 Å². The fourth-order valence-corrected chi connectivity index (χ4v) is 1.44. The predicted octanol–water partition coefficient (Wildman–Crippen LogP) is 3.39. The lowest BCUT2D eigenvalue weighted by Gasteiger charge is -2.07. The summed E-state index contributed by atoms with van der Waals surface area (Å²) in [6.45, 7) is 4.41. The van der Waals surface area contributed by atoms with Crippen molar-refractivity contribution in [1.29, 1.82) is 0 Å². The normalized spacial score (nSPS) is 21.8. The first-order chi connectivity index (χ1) is 4.86. The molecule has 0 aliphatic heterocycles. The summed E-state index contributed by atoms with van der Waals surface area (Å²) in [6, 6.07) is 0. The van der Waals surface area contributed by atoms with Crippen LogP contribution in [0.15, 0.2) is 12.2 Å². The van der Waals surface area contributed by atoms with Crippen molar-refractivity contribution in [2.24, 2.45) is 11.8 Å². The first-order valence-corrected chi connectivity index (χ1v) is 4.49. The molecule has 0 aromatic heterocycles. The van der Waals surface area contributed by atoms with Crippen LogP contribution >= 0.6 is 0 Å². The Kier molecular flexibility index (Phi) is 2.98. The Balaban J connectivity index is 2.17. The maximum atomic E-state index is 2.36. The molecule has 0 aromatic carbocycles. The van der Waals surface area contributed by atoms with Crippen molar-refractivity contribution < 1.29 is 0 Å². The Bertz CT molecular complexity index is 109. The third kappa shape index (κ3) is 2.55. The number of allylic oxidation sites excluding steroid dienone is 2. The Morgan fingerprint density at radius 1 is 1.50 bits per heavy atom. The standard InChI is InChI=1S/C10H18/c1-3-5-9(4-2)8-10-6-7-10/h3,5,9-10H,4,6-8H2,1-2H3. The second-order valence-electron chi connectivity index (χ2n) is 3.37. The SMILES string of the molecule is CC=CC(CC)CC1CC1. The summed E-state index contributed by atoms with van der Waals surface area (Å²) < 4.78 is 0. The summed E-state index contributed by atoms with van der Waals surface area (Å²) in [6.07, 6.45) is 10.3. The molecule has 0 heteroatoms. The fraction of sp³-hybridized carbons (Fsp3) is 0.800. The molecule has 1 atom stereocenters. The number of hydrogen-bond acceptors (Lipinski definition) is 0. The van der Waals surface area contributed by atoms with Gasteiger partial charge in [0.05, 0.1) is 0 Å². The zero-order chi connectivity index (χ0) is 7.40. The Hall–Kier alpha value is -0.260. The lowest BCUT2D eigenvalue weighted by Crippen LogP contribution is -1.94. The van der Waals surface area contributed by atoms with Gasteiger partial charge >= 0.3 is 0 Å². The molecule has 0 aromatic rings. The molecule has 0 radical (unpaired) electrons. The summed E-state index contributed by atoms with van der Waals surface area (Å²) in [7, 11) is 0. The van der Waals surface area contributed by atoms with E-state index in [1.54, 1.807) is 0 Å². The van der Waals surface area contributed by atoms with Crippen molar-refractivity contribution >= 4 is 0 Å². The van der Waals surface area contributed by atoms with Crippen molar-refractivity contribution in [3.05, 3.63) is 12.2 Å². The Morgan fingerprint density at radius 2 is 2.20 bits per heavy atom. The van der Waals surface area contributed by atoms with E-state index in [-0.39, 0.29) is 0 Å². The highest BCUT2D eigenvalue weighted by Crippen LogP contribution is 2.36. The fourth-order valence-electron chi connectivity index (χ4n) is 1.44. The van der Waals surface area contributed by atoms with Crippen molar-refractivity contribution in [2.45, 2.75) is 39.5 Å². The second-order valence-corrected chi connectivity index (χ2v) is 3.37. The molecule has 1 unspecified atom stereocenters. The van der Waals surface area contributed by atoms with Crippen LogP contribution in [0.25, 0.3) is 0 Å². The monoisotopic (exact) mass is 138 g/mol. The largest absolute Gasteiger partial charge is 0.0914 e. The third-order valence-electron chi connectivity index (χ3n) is 2.32. The highest BCUT2D eigenvalue weighted by molar-refractivity contribution is 4.88. The zero-order valence-corrected chi connectivity index (χ0v) is 7.14. The van der Waals surface area contributed by atoms with Crippen LogP contribution in [0.5, 0.6) is 0 Å². The van der Waals surface area contributed by atoms with Gasteiger partial charge in [0.2, 0.25) is 0 Å². The van der Waals surface area contributed by atoms with Crippen LogP contribution in [0.2, 0.25) is 0 Å². The van der Waals surface area contributed by atoms with Crippen molar-refractivity contribution in [2.75, 3.05) is 0 Å². The van der Waals surface area contributed by atoms with E-state index in [4.69, 9.17) is 0 Å². The molecular formula is C10H18. The minimum Gasteiger partial charge on any atom is -0.0914 e. The molecule has 0 amide bonds. The Morgan fingerprint density at radius 3 is 2.60 bits per heavy atom. The van der Waals surface area contributed by atoms with Gasteiger partial charge in [0, 0.05) is 0 Å². The van der Waals surface area contributed by atoms with Gasteiger partial charge in [-0.25, -0.2) is 0 Å². The van der Waals surface area contributed by atoms with E-state index in [0.29, 0.717) is 0 Å². The predicted molar refractivity (Wildman–Crippen MR) is 45.9 cm³/mol. The van der Waals surface area contributed by atoms with E-state index >= 15 is 0 Å². The number of hydrogen-bond donors (Lipinski definition) is 0. The lowest BCUT2D eigenvalue weighted by atomic mass is 9.99. The summed E-state index contributed by atoms with van der Waals surface area (Å²) in [4.78, 5) is 0. The quantitative estimate of drug-likeness (QED) is 0.522. The van der Waals surface area contributed by atoms with Crippen molar-refractivity contribution in [3.63, 3.8) is 0 Å². The molecule has 0 heterocycles. The van der Waals surface area contributed by atoms with Crippen LogP contribution in [-0.4, -0.2) is 0 Å². The van der Waals surface area contributed by atoms with Crippen LogP contribution < -0.4 is 0 Å². The van der Waals surface area contributed by atoms with Crippen molar-refractivity contribution in [1.82, 2.24) is 0 Å². The van der Waals surface area contributed by atoms with Gasteiger partial charge in [0.25, 0.3) is 0 Å². The summed E-state index contributed by atoms with van der Waals surface area (Å²) >= 11 is 0. The summed E-state index contributed by atoms with van der Waals surface area (Å²) in [5.41, 5.74) is 0. The Labute approximate surface area is 64.3 Å². The molecular weight excluding hydrogens is 120 g/mol. The van der Waals surface area contributed by atoms with E-state index in [1.165, 1.54) is 25.7 Å². The average Bonchev–Trinajstić information content (AvgIpc) is 2.71. The van der Waals surface area contributed by atoms with Gasteiger partial charge in [-0.1, -0.05) is 31.9 Å². The first-order valence-electron chi connectivity index (χ1n) is 4.49. The lowest BCUT2D eigenvalue weighted by molar-refractivity contribution is 0.531. The average molecular weight is 138 g/mol.